The van der Waals surface area contributed by atoms with Crippen molar-refractivity contribution in [2.24, 2.45) is 7.05 Å². The van der Waals surface area contributed by atoms with E-state index in [0.717, 1.165) is 22.2 Å². The molecular formula is C16H19NO2. The molecule has 0 aliphatic heterocycles. The minimum Gasteiger partial charge on any atom is -0.478 e. The molecule has 100 valence electrons. The second-order valence-electron chi connectivity index (χ2n) is 5.16. The number of hydrogen-bond acceptors (Lipinski definition) is 1. The van der Waals surface area contributed by atoms with Gasteiger partial charge in [-0.15, -0.1) is 0 Å². The molecule has 0 atom stereocenters. The van der Waals surface area contributed by atoms with Gasteiger partial charge >= 0.3 is 5.97 Å². The smallest absolute Gasteiger partial charge is 0.328 e. The van der Waals surface area contributed by atoms with E-state index in [1.165, 1.54) is 11.6 Å². The predicted octanol–water partition coefficient (Wildman–Crippen LogP) is 3.71. The van der Waals surface area contributed by atoms with E-state index in [1.54, 1.807) is 6.08 Å². The van der Waals surface area contributed by atoms with E-state index >= 15 is 0 Å². The van der Waals surface area contributed by atoms with Gasteiger partial charge in [0, 0.05) is 35.3 Å². The number of benzene rings is 1. The summed E-state index contributed by atoms with van der Waals surface area (Å²) in [4.78, 5) is 10.7. The highest BCUT2D eigenvalue weighted by Gasteiger charge is 2.11. The molecule has 2 aromatic rings. The van der Waals surface area contributed by atoms with Crippen molar-refractivity contribution in [1.29, 1.82) is 0 Å². The average molecular weight is 257 g/mol. The van der Waals surface area contributed by atoms with Crippen LogP contribution in [-0.2, 0) is 11.8 Å². The van der Waals surface area contributed by atoms with Crippen LogP contribution < -0.4 is 0 Å². The number of nitrogens with zero attached hydrogens (tertiary/aromatic N) is 1. The normalized spacial score (nSPS) is 11.8. The summed E-state index contributed by atoms with van der Waals surface area (Å²) < 4.78 is 2.10. The zero-order chi connectivity index (χ0) is 14.2. The SMILES string of the molecule is Cc1c(/C=C/C(=O)O)c2cc(C(C)C)ccc2n1C. The van der Waals surface area contributed by atoms with Crippen LogP contribution in [-0.4, -0.2) is 15.6 Å². The number of carbonyl (C=O) groups is 1. The summed E-state index contributed by atoms with van der Waals surface area (Å²) in [6.45, 7) is 6.32. The number of hydrogen-bond donors (Lipinski definition) is 1. The van der Waals surface area contributed by atoms with Gasteiger partial charge in [0.05, 0.1) is 0 Å². The van der Waals surface area contributed by atoms with Gasteiger partial charge in [0.2, 0.25) is 0 Å². The van der Waals surface area contributed by atoms with Crippen molar-refractivity contribution in [2.45, 2.75) is 26.7 Å². The second-order valence-corrected chi connectivity index (χ2v) is 5.16. The number of rotatable bonds is 3. The molecule has 0 bridgehead atoms. The van der Waals surface area contributed by atoms with Crippen molar-refractivity contribution in [1.82, 2.24) is 4.57 Å². The summed E-state index contributed by atoms with van der Waals surface area (Å²) in [5, 5.41) is 9.91. The summed E-state index contributed by atoms with van der Waals surface area (Å²) in [7, 11) is 2.00. The number of carboxylic acid groups (broad SMARTS) is 1. The van der Waals surface area contributed by atoms with Crippen molar-refractivity contribution in [3.63, 3.8) is 0 Å². The Bertz CT molecular complexity index is 663. The predicted molar refractivity (Wildman–Crippen MR) is 78.4 cm³/mol. The number of aliphatic carboxylic acids is 1. The Kier molecular flexibility index (Phi) is 3.47. The monoisotopic (exact) mass is 257 g/mol. The Morgan fingerprint density at radius 3 is 2.63 bits per heavy atom. The fourth-order valence-electron chi connectivity index (χ4n) is 2.34. The van der Waals surface area contributed by atoms with Gasteiger partial charge in [0.25, 0.3) is 0 Å². The summed E-state index contributed by atoms with van der Waals surface area (Å²) >= 11 is 0. The van der Waals surface area contributed by atoms with E-state index in [9.17, 15) is 4.79 Å². The maximum absolute atomic E-state index is 10.7. The van der Waals surface area contributed by atoms with Crippen LogP contribution in [0.2, 0.25) is 0 Å². The first kappa shape index (κ1) is 13.4. The van der Waals surface area contributed by atoms with Gasteiger partial charge in [0.15, 0.2) is 0 Å². The summed E-state index contributed by atoms with van der Waals surface area (Å²) in [6, 6.07) is 6.40. The lowest BCUT2D eigenvalue weighted by Gasteiger charge is -2.05. The van der Waals surface area contributed by atoms with Gasteiger partial charge in [-0.25, -0.2) is 4.79 Å². The highest BCUT2D eigenvalue weighted by atomic mass is 16.4. The first-order valence-electron chi connectivity index (χ1n) is 6.41. The second kappa shape index (κ2) is 4.92. The largest absolute Gasteiger partial charge is 0.478 e. The van der Waals surface area contributed by atoms with Gasteiger partial charge < -0.3 is 9.67 Å². The third-order valence-corrected chi connectivity index (χ3v) is 3.62. The third kappa shape index (κ3) is 2.41. The highest BCUT2D eigenvalue weighted by molar-refractivity contribution is 5.95. The maximum Gasteiger partial charge on any atom is 0.328 e. The molecule has 1 heterocycles. The minimum absolute atomic E-state index is 0.459. The van der Waals surface area contributed by atoms with Crippen molar-refractivity contribution in [3.8, 4) is 0 Å². The van der Waals surface area contributed by atoms with Crippen LogP contribution in [0.15, 0.2) is 24.3 Å². The van der Waals surface area contributed by atoms with Crippen molar-refractivity contribution in [3.05, 3.63) is 41.1 Å². The first-order valence-corrected chi connectivity index (χ1v) is 6.41. The van der Waals surface area contributed by atoms with Crippen molar-refractivity contribution >= 4 is 22.9 Å². The highest BCUT2D eigenvalue weighted by Crippen LogP contribution is 2.29. The Labute approximate surface area is 113 Å². The Morgan fingerprint density at radius 1 is 1.37 bits per heavy atom. The molecule has 1 aromatic carbocycles. The third-order valence-electron chi connectivity index (χ3n) is 3.62. The molecule has 0 aliphatic rings. The van der Waals surface area contributed by atoms with Crippen molar-refractivity contribution < 1.29 is 9.90 Å². The quantitative estimate of drug-likeness (QED) is 0.852. The average Bonchev–Trinajstić information content (AvgIpc) is 2.59. The summed E-state index contributed by atoms with van der Waals surface area (Å²) in [6.07, 6.45) is 2.88. The van der Waals surface area contributed by atoms with Crippen LogP contribution in [0.25, 0.3) is 17.0 Å². The van der Waals surface area contributed by atoms with Gasteiger partial charge in [-0.1, -0.05) is 19.9 Å². The molecule has 0 radical (unpaired) electrons. The van der Waals surface area contributed by atoms with Crippen LogP contribution in [0, 0.1) is 6.92 Å². The number of aromatic nitrogens is 1. The van der Waals surface area contributed by atoms with Gasteiger partial charge in [-0.3, -0.25) is 0 Å². The van der Waals surface area contributed by atoms with E-state index < -0.39 is 5.97 Å². The summed E-state index contributed by atoms with van der Waals surface area (Å²) in [5.41, 5.74) is 4.46. The molecular weight excluding hydrogens is 238 g/mol. The van der Waals surface area contributed by atoms with E-state index in [0.29, 0.717) is 5.92 Å². The van der Waals surface area contributed by atoms with Crippen LogP contribution in [0.1, 0.15) is 36.6 Å². The van der Waals surface area contributed by atoms with Crippen LogP contribution in [0.3, 0.4) is 0 Å². The number of fused-ring (bicyclic) bond motifs is 1. The molecule has 0 aliphatic carbocycles. The molecule has 0 fully saturated rings. The van der Waals surface area contributed by atoms with Gasteiger partial charge in [-0.05, 0) is 36.6 Å². The molecule has 0 saturated carbocycles. The fraction of sp³-hybridized carbons (Fsp3) is 0.312. The molecule has 3 heteroatoms. The Morgan fingerprint density at radius 2 is 2.05 bits per heavy atom. The topological polar surface area (TPSA) is 42.2 Å². The van der Waals surface area contributed by atoms with Crippen LogP contribution in [0.5, 0.6) is 0 Å². The van der Waals surface area contributed by atoms with E-state index in [-0.39, 0.29) is 0 Å². The lowest BCUT2D eigenvalue weighted by molar-refractivity contribution is -0.131. The fourth-order valence-corrected chi connectivity index (χ4v) is 2.34. The lowest BCUT2D eigenvalue weighted by Crippen LogP contribution is -1.91. The molecule has 0 unspecified atom stereocenters. The van der Waals surface area contributed by atoms with E-state index in [4.69, 9.17) is 5.11 Å². The summed E-state index contributed by atoms with van der Waals surface area (Å²) in [5.74, 6) is -0.461. The molecule has 3 nitrogen and oxygen atoms in total. The Hall–Kier alpha value is -2.03. The van der Waals surface area contributed by atoms with Crippen LogP contribution in [0.4, 0.5) is 0 Å². The zero-order valence-corrected chi connectivity index (χ0v) is 11.8. The molecule has 0 amide bonds. The van der Waals surface area contributed by atoms with E-state index in [1.807, 2.05) is 14.0 Å². The zero-order valence-electron chi connectivity index (χ0n) is 11.8. The van der Waals surface area contributed by atoms with Crippen molar-refractivity contribution in [2.75, 3.05) is 0 Å². The Balaban J connectivity index is 2.70. The van der Waals surface area contributed by atoms with Gasteiger partial charge in [-0.2, -0.15) is 0 Å². The molecule has 1 aromatic heterocycles. The molecule has 1 N–H and O–H groups in total. The molecule has 2 rings (SSSR count). The van der Waals surface area contributed by atoms with E-state index in [2.05, 4.69) is 36.6 Å². The maximum atomic E-state index is 10.7. The minimum atomic E-state index is -0.920. The lowest BCUT2D eigenvalue weighted by atomic mass is 10.00. The number of aryl methyl sites for hydroxylation is 1. The number of carboxylic acids is 1. The first-order chi connectivity index (χ1) is 8.91. The molecule has 19 heavy (non-hydrogen) atoms. The van der Waals surface area contributed by atoms with Crippen LogP contribution >= 0.6 is 0 Å². The molecule has 0 spiro atoms. The molecule has 0 saturated heterocycles. The standard InChI is InChI=1S/C16H19NO2/c1-10(2)12-5-7-15-14(9-12)13(6-8-16(18)19)11(3)17(15)4/h5-10H,1-4H3,(H,18,19)/b8-6+. The van der Waals surface area contributed by atoms with Gasteiger partial charge in [0.1, 0.15) is 0 Å².